The normalized spacial score (nSPS) is 11.8. The van der Waals surface area contributed by atoms with Gasteiger partial charge in [0.05, 0.1) is 7.11 Å². The fourth-order valence-electron chi connectivity index (χ4n) is 3.65. The van der Waals surface area contributed by atoms with Crippen LogP contribution in [0.4, 0.5) is 0 Å². The molecule has 32 heavy (non-hydrogen) atoms. The van der Waals surface area contributed by atoms with Crippen molar-refractivity contribution in [3.63, 3.8) is 0 Å². The van der Waals surface area contributed by atoms with Crippen LogP contribution in [-0.4, -0.2) is 36.4 Å². The smallest absolute Gasteiger partial charge is 0.242 e. The summed E-state index contributed by atoms with van der Waals surface area (Å²) >= 11 is 0. The van der Waals surface area contributed by atoms with Gasteiger partial charge in [0.1, 0.15) is 11.8 Å². The summed E-state index contributed by atoms with van der Waals surface area (Å²) in [6.07, 6.45) is 2.58. The van der Waals surface area contributed by atoms with E-state index in [2.05, 4.69) is 50.4 Å². The van der Waals surface area contributed by atoms with Gasteiger partial charge in [-0.15, -0.1) is 0 Å². The largest absolute Gasteiger partial charge is 0.497 e. The van der Waals surface area contributed by atoms with E-state index in [4.69, 9.17) is 4.74 Å². The average molecular weight is 439 g/mol. The SMILES string of the molecule is CCc1ccc(CCC(=O)N(Cc2cccc(OC)c2)[C@@H](CC)C(=O)NCC(C)C)cc1. The molecule has 2 aromatic carbocycles. The maximum Gasteiger partial charge on any atom is 0.242 e. The Labute approximate surface area is 193 Å². The number of hydrogen-bond donors (Lipinski definition) is 1. The maximum absolute atomic E-state index is 13.4. The molecular weight excluding hydrogens is 400 g/mol. The number of aryl methyl sites for hydroxylation is 2. The van der Waals surface area contributed by atoms with E-state index >= 15 is 0 Å². The Morgan fingerprint density at radius 3 is 2.28 bits per heavy atom. The standard InChI is InChI=1S/C27H38N2O3/c1-6-21-11-13-22(14-12-21)15-16-26(30)29(19-23-9-8-10-24(17-23)32-5)25(7-2)27(31)28-18-20(3)4/h8-14,17,20,25H,6-7,15-16,18-19H2,1-5H3,(H,28,31)/t25-/m0/s1. The molecule has 0 aromatic heterocycles. The first-order chi connectivity index (χ1) is 15.4. The molecule has 1 atom stereocenters. The van der Waals surface area contributed by atoms with E-state index in [-0.39, 0.29) is 11.8 Å². The van der Waals surface area contributed by atoms with Crippen LogP contribution in [0.5, 0.6) is 5.75 Å². The summed E-state index contributed by atoms with van der Waals surface area (Å²) in [7, 11) is 1.63. The Hall–Kier alpha value is -2.82. The van der Waals surface area contributed by atoms with E-state index in [1.807, 2.05) is 31.2 Å². The topological polar surface area (TPSA) is 58.6 Å². The average Bonchev–Trinajstić information content (AvgIpc) is 2.81. The lowest BCUT2D eigenvalue weighted by Gasteiger charge is -2.31. The van der Waals surface area contributed by atoms with Crippen LogP contribution < -0.4 is 10.1 Å². The molecule has 174 valence electrons. The molecule has 0 fully saturated rings. The summed E-state index contributed by atoms with van der Waals surface area (Å²) in [4.78, 5) is 28.0. The van der Waals surface area contributed by atoms with Crippen molar-refractivity contribution < 1.29 is 14.3 Å². The monoisotopic (exact) mass is 438 g/mol. The zero-order chi connectivity index (χ0) is 23.5. The van der Waals surface area contributed by atoms with Crippen molar-refractivity contribution in [2.75, 3.05) is 13.7 Å². The first-order valence-corrected chi connectivity index (χ1v) is 11.7. The van der Waals surface area contributed by atoms with Crippen LogP contribution in [0.25, 0.3) is 0 Å². The number of methoxy groups -OCH3 is 1. The Bertz CT molecular complexity index is 861. The Morgan fingerprint density at radius 2 is 1.69 bits per heavy atom. The van der Waals surface area contributed by atoms with Crippen LogP contribution in [0.3, 0.4) is 0 Å². The molecule has 0 bridgehead atoms. The predicted molar refractivity (Wildman–Crippen MR) is 130 cm³/mol. The zero-order valence-corrected chi connectivity index (χ0v) is 20.2. The highest BCUT2D eigenvalue weighted by atomic mass is 16.5. The van der Waals surface area contributed by atoms with Gasteiger partial charge in [-0.3, -0.25) is 9.59 Å². The van der Waals surface area contributed by atoms with Crippen molar-refractivity contribution in [3.8, 4) is 5.75 Å². The Kier molecular flexibility index (Phi) is 10.3. The van der Waals surface area contributed by atoms with E-state index in [1.54, 1.807) is 12.0 Å². The Morgan fingerprint density at radius 1 is 1.00 bits per heavy atom. The summed E-state index contributed by atoms with van der Waals surface area (Å²) < 4.78 is 5.34. The second-order valence-corrected chi connectivity index (χ2v) is 8.61. The second-order valence-electron chi connectivity index (χ2n) is 8.61. The number of amides is 2. The minimum atomic E-state index is -0.505. The number of hydrogen-bond acceptors (Lipinski definition) is 3. The minimum absolute atomic E-state index is 0.0149. The second kappa shape index (κ2) is 12.9. The molecule has 0 saturated heterocycles. The van der Waals surface area contributed by atoms with Crippen LogP contribution in [-0.2, 0) is 29.0 Å². The van der Waals surface area contributed by atoms with Gasteiger partial charge in [-0.1, -0.05) is 64.1 Å². The molecule has 2 aromatic rings. The van der Waals surface area contributed by atoms with Gasteiger partial charge in [-0.25, -0.2) is 0 Å². The molecule has 0 radical (unpaired) electrons. The molecule has 5 heteroatoms. The first kappa shape index (κ1) is 25.4. The van der Waals surface area contributed by atoms with Gasteiger partial charge in [0.25, 0.3) is 0 Å². The molecule has 5 nitrogen and oxygen atoms in total. The van der Waals surface area contributed by atoms with Crippen molar-refractivity contribution in [2.45, 2.75) is 66.0 Å². The van der Waals surface area contributed by atoms with Gasteiger partial charge in [0, 0.05) is 19.5 Å². The van der Waals surface area contributed by atoms with Gasteiger partial charge in [-0.2, -0.15) is 0 Å². The van der Waals surface area contributed by atoms with Gasteiger partial charge < -0.3 is 15.0 Å². The summed E-state index contributed by atoms with van der Waals surface area (Å²) in [5.74, 6) is 0.983. The number of rotatable bonds is 12. The van der Waals surface area contributed by atoms with Crippen molar-refractivity contribution >= 4 is 11.8 Å². The van der Waals surface area contributed by atoms with Gasteiger partial charge in [0.2, 0.25) is 11.8 Å². The van der Waals surface area contributed by atoms with Crippen molar-refractivity contribution in [3.05, 3.63) is 65.2 Å². The van der Waals surface area contributed by atoms with Gasteiger partial charge >= 0.3 is 0 Å². The van der Waals surface area contributed by atoms with E-state index in [9.17, 15) is 9.59 Å². The fraction of sp³-hybridized carbons (Fsp3) is 0.481. The van der Waals surface area contributed by atoms with Crippen LogP contribution in [0.15, 0.2) is 48.5 Å². The molecule has 0 aliphatic heterocycles. The van der Waals surface area contributed by atoms with Gasteiger partial charge in [0.15, 0.2) is 0 Å². The lowest BCUT2D eigenvalue weighted by molar-refractivity contribution is -0.141. The quantitative estimate of drug-likeness (QED) is 0.519. The van der Waals surface area contributed by atoms with Crippen LogP contribution in [0.2, 0.25) is 0 Å². The van der Waals surface area contributed by atoms with Crippen LogP contribution in [0, 0.1) is 5.92 Å². The van der Waals surface area contributed by atoms with E-state index < -0.39 is 6.04 Å². The summed E-state index contributed by atoms with van der Waals surface area (Å²) in [5.41, 5.74) is 3.36. The fourth-order valence-corrected chi connectivity index (χ4v) is 3.65. The first-order valence-electron chi connectivity index (χ1n) is 11.7. The van der Waals surface area contributed by atoms with Crippen molar-refractivity contribution in [1.82, 2.24) is 10.2 Å². The summed E-state index contributed by atoms with van der Waals surface area (Å²) in [5, 5.41) is 3.01. The molecule has 0 aliphatic carbocycles. The number of benzene rings is 2. The molecule has 2 amide bonds. The predicted octanol–water partition coefficient (Wildman–Crippen LogP) is 4.77. The van der Waals surface area contributed by atoms with E-state index in [0.29, 0.717) is 38.3 Å². The number of carbonyl (C=O) groups is 2. The number of carbonyl (C=O) groups excluding carboxylic acids is 2. The third kappa shape index (κ3) is 7.70. The van der Waals surface area contributed by atoms with Crippen molar-refractivity contribution in [1.29, 1.82) is 0 Å². The molecule has 0 aliphatic rings. The van der Waals surface area contributed by atoms with Crippen molar-refractivity contribution in [2.24, 2.45) is 5.92 Å². The number of nitrogens with one attached hydrogen (secondary N) is 1. The molecule has 1 N–H and O–H groups in total. The third-order valence-electron chi connectivity index (χ3n) is 5.62. The molecule has 0 unspecified atom stereocenters. The highest BCUT2D eigenvalue weighted by molar-refractivity contribution is 5.87. The summed E-state index contributed by atoms with van der Waals surface area (Å²) in [6.45, 7) is 9.17. The van der Waals surface area contributed by atoms with Crippen LogP contribution in [0.1, 0.15) is 57.2 Å². The van der Waals surface area contributed by atoms with E-state index in [1.165, 1.54) is 5.56 Å². The summed E-state index contributed by atoms with van der Waals surface area (Å²) in [6, 6.07) is 15.6. The number of nitrogens with zero attached hydrogens (tertiary/aromatic N) is 1. The molecule has 0 saturated carbocycles. The highest BCUT2D eigenvalue weighted by Gasteiger charge is 2.28. The zero-order valence-electron chi connectivity index (χ0n) is 20.2. The lowest BCUT2D eigenvalue weighted by Crippen LogP contribution is -2.49. The number of ether oxygens (including phenoxy) is 1. The van der Waals surface area contributed by atoms with Crippen LogP contribution >= 0.6 is 0 Å². The maximum atomic E-state index is 13.4. The molecule has 0 spiro atoms. The Balaban J connectivity index is 2.19. The van der Waals surface area contributed by atoms with Gasteiger partial charge in [-0.05, 0) is 54.0 Å². The lowest BCUT2D eigenvalue weighted by atomic mass is 10.0. The minimum Gasteiger partial charge on any atom is -0.497 e. The highest BCUT2D eigenvalue weighted by Crippen LogP contribution is 2.19. The molecule has 2 rings (SSSR count). The van der Waals surface area contributed by atoms with E-state index in [0.717, 1.165) is 23.3 Å². The molecular formula is C27H38N2O3. The third-order valence-corrected chi connectivity index (χ3v) is 5.62. The molecule has 0 heterocycles.